The van der Waals surface area contributed by atoms with Crippen molar-refractivity contribution in [1.82, 2.24) is 4.90 Å². The monoisotopic (exact) mass is 507 g/mol. The lowest BCUT2D eigenvalue weighted by Gasteiger charge is -2.25. The summed E-state index contributed by atoms with van der Waals surface area (Å²) < 4.78 is 16.6. The minimum absolute atomic E-state index is 0.0341. The summed E-state index contributed by atoms with van der Waals surface area (Å²) in [4.78, 5) is 27.6. The molecule has 3 aromatic rings. The van der Waals surface area contributed by atoms with Crippen LogP contribution in [0.1, 0.15) is 24.1 Å². The second kappa shape index (κ2) is 11.3. The Bertz CT molecular complexity index is 1290. The minimum Gasteiger partial charge on any atom is -0.507 e. The van der Waals surface area contributed by atoms with E-state index in [-0.39, 0.29) is 29.5 Å². The molecule has 1 aliphatic heterocycles. The first kappa shape index (κ1) is 25.3. The molecule has 0 aromatic heterocycles. The molecule has 1 atom stereocenters. The SMILES string of the molecule is CCOc1ccc(/C(O)=C2/C(=O)C(=O)N(CCOC)C2c2cccc(Oc3ccccc3)c2)cc1Cl. The van der Waals surface area contributed by atoms with Crippen molar-refractivity contribution < 1.29 is 28.9 Å². The van der Waals surface area contributed by atoms with E-state index in [0.717, 1.165) is 0 Å². The van der Waals surface area contributed by atoms with Crippen molar-refractivity contribution in [3.05, 3.63) is 94.5 Å². The molecule has 1 saturated heterocycles. The Balaban J connectivity index is 1.79. The number of carbonyl (C=O) groups excluding carboxylic acids is 2. The number of aliphatic hydroxyl groups excluding tert-OH is 1. The quantitative estimate of drug-likeness (QED) is 0.230. The smallest absolute Gasteiger partial charge is 0.295 e. The van der Waals surface area contributed by atoms with Crippen LogP contribution < -0.4 is 9.47 Å². The Morgan fingerprint density at radius 3 is 2.44 bits per heavy atom. The largest absolute Gasteiger partial charge is 0.507 e. The number of aliphatic hydroxyl groups is 1. The zero-order valence-electron chi connectivity index (χ0n) is 19.9. The number of nitrogens with zero attached hydrogens (tertiary/aromatic N) is 1. The van der Waals surface area contributed by atoms with E-state index in [1.165, 1.54) is 18.1 Å². The van der Waals surface area contributed by atoms with Crippen LogP contribution in [0.2, 0.25) is 5.02 Å². The number of carbonyl (C=O) groups is 2. The maximum Gasteiger partial charge on any atom is 0.295 e. The molecule has 186 valence electrons. The van der Waals surface area contributed by atoms with E-state index in [2.05, 4.69) is 0 Å². The number of para-hydroxylation sites is 1. The third-order valence-corrected chi connectivity index (χ3v) is 6.03. The number of halogens is 1. The summed E-state index contributed by atoms with van der Waals surface area (Å²) in [6.07, 6.45) is 0. The number of ether oxygens (including phenoxy) is 3. The lowest BCUT2D eigenvalue weighted by atomic mass is 9.95. The van der Waals surface area contributed by atoms with Crippen LogP contribution in [-0.4, -0.2) is 48.6 Å². The van der Waals surface area contributed by atoms with Gasteiger partial charge >= 0.3 is 0 Å². The highest BCUT2D eigenvalue weighted by molar-refractivity contribution is 6.46. The summed E-state index contributed by atoms with van der Waals surface area (Å²) in [5.41, 5.74) is 0.875. The number of methoxy groups -OCH3 is 1. The van der Waals surface area contributed by atoms with Crippen molar-refractivity contribution in [1.29, 1.82) is 0 Å². The van der Waals surface area contributed by atoms with Gasteiger partial charge in [0, 0.05) is 19.2 Å². The number of likely N-dealkylation sites (tertiary alicyclic amines) is 1. The van der Waals surface area contributed by atoms with Crippen LogP contribution in [0.5, 0.6) is 17.2 Å². The van der Waals surface area contributed by atoms with Gasteiger partial charge in [0.05, 0.1) is 29.9 Å². The molecule has 8 heteroatoms. The van der Waals surface area contributed by atoms with Gasteiger partial charge in [0.2, 0.25) is 0 Å². The summed E-state index contributed by atoms with van der Waals surface area (Å²) in [6.45, 7) is 2.65. The summed E-state index contributed by atoms with van der Waals surface area (Å²) in [7, 11) is 1.52. The molecule has 3 aromatic carbocycles. The van der Waals surface area contributed by atoms with Gasteiger partial charge in [0.15, 0.2) is 0 Å². The van der Waals surface area contributed by atoms with E-state index >= 15 is 0 Å². The van der Waals surface area contributed by atoms with Crippen LogP contribution >= 0.6 is 11.6 Å². The minimum atomic E-state index is -0.843. The van der Waals surface area contributed by atoms with Crippen LogP contribution in [-0.2, 0) is 14.3 Å². The predicted molar refractivity (Wildman–Crippen MR) is 136 cm³/mol. The van der Waals surface area contributed by atoms with Crippen molar-refractivity contribution in [3.8, 4) is 17.2 Å². The molecule has 0 radical (unpaired) electrons. The lowest BCUT2D eigenvalue weighted by Crippen LogP contribution is -2.32. The van der Waals surface area contributed by atoms with Gasteiger partial charge in [0.25, 0.3) is 11.7 Å². The molecule has 1 unspecified atom stereocenters. The third kappa shape index (κ3) is 5.22. The molecule has 0 bridgehead atoms. The molecule has 0 spiro atoms. The van der Waals surface area contributed by atoms with E-state index in [4.69, 9.17) is 25.8 Å². The average molecular weight is 508 g/mol. The zero-order chi connectivity index (χ0) is 25.7. The zero-order valence-corrected chi connectivity index (χ0v) is 20.7. The Morgan fingerprint density at radius 2 is 1.75 bits per heavy atom. The number of hydrogen-bond donors (Lipinski definition) is 1. The van der Waals surface area contributed by atoms with Crippen molar-refractivity contribution in [3.63, 3.8) is 0 Å². The van der Waals surface area contributed by atoms with Gasteiger partial charge in [0.1, 0.15) is 23.0 Å². The van der Waals surface area contributed by atoms with Crippen LogP contribution in [0.3, 0.4) is 0 Å². The van der Waals surface area contributed by atoms with E-state index in [1.54, 1.807) is 36.4 Å². The fourth-order valence-corrected chi connectivity index (χ4v) is 4.33. The maximum atomic E-state index is 13.2. The van der Waals surface area contributed by atoms with Gasteiger partial charge in [-0.25, -0.2) is 0 Å². The number of hydrogen-bond acceptors (Lipinski definition) is 6. The van der Waals surface area contributed by atoms with Gasteiger partial charge in [-0.15, -0.1) is 0 Å². The van der Waals surface area contributed by atoms with E-state index in [0.29, 0.717) is 35.0 Å². The third-order valence-electron chi connectivity index (χ3n) is 5.73. The Hall–Kier alpha value is -3.81. The molecule has 0 saturated carbocycles. The topological polar surface area (TPSA) is 85.3 Å². The maximum absolute atomic E-state index is 13.2. The van der Waals surface area contributed by atoms with Crippen molar-refractivity contribution in [2.24, 2.45) is 0 Å². The fraction of sp³-hybridized carbons (Fsp3) is 0.214. The number of Topliss-reactive ketones (excluding diaryl/α,β-unsaturated/α-hetero) is 1. The van der Waals surface area contributed by atoms with Crippen LogP contribution in [0.15, 0.2) is 78.4 Å². The molecule has 1 amide bonds. The first-order valence-corrected chi connectivity index (χ1v) is 11.8. The van der Waals surface area contributed by atoms with Crippen molar-refractivity contribution in [2.75, 3.05) is 26.9 Å². The van der Waals surface area contributed by atoms with Crippen LogP contribution in [0.4, 0.5) is 0 Å². The number of ketones is 1. The second-order valence-corrected chi connectivity index (χ2v) is 8.46. The Morgan fingerprint density at radius 1 is 1.00 bits per heavy atom. The Labute approximate surface area is 214 Å². The molecule has 7 nitrogen and oxygen atoms in total. The van der Waals surface area contributed by atoms with E-state index < -0.39 is 17.7 Å². The number of benzene rings is 3. The summed E-state index contributed by atoms with van der Waals surface area (Å²) in [5.74, 6) is -0.193. The van der Waals surface area contributed by atoms with Crippen LogP contribution in [0, 0.1) is 0 Å². The van der Waals surface area contributed by atoms with Gasteiger partial charge in [-0.3, -0.25) is 9.59 Å². The summed E-state index contributed by atoms with van der Waals surface area (Å²) in [5, 5.41) is 11.5. The van der Waals surface area contributed by atoms with Gasteiger partial charge in [-0.05, 0) is 55.0 Å². The molecule has 4 rings (SSSR count). The molecule has 1 heterocycles. The number of amides is 1. The summed E-state index contributed by atoms with van der Waals surface area (Å²) >= 11 is 6.32. The van der Waals surface area contributed by atoms with Crippen molar-refractivity contribution in [2.45, 2.75) is 13.0 Å². The highest BCUT2D eigenvalue weighted by Crippen LogP contribution is 2.41. The second-order valence-electron chi connectivity index (χ2n) is 8.05. The molecule has 1 N–H and O–H groups in total. The fourth-order valence-electron chi connectivity index (χ4n) is 4.10. The molecule has 1 aliphatic rings. The van der Waals surface area contributed by atoms with E-state index in [9.17, 15) is 14.7 Å². The number of rotatable bonds is 9. The van der Waals surface area contributed by atoms with Crippen molar-refractivity contribution >= 4 is 29.1 Å². The van der Waals surface area contributed by atoms with Gasteiger partial charge < -0.3 is 24.2 Å². The molecule has 0 aliphatic carbocycles. The standard InChI is InChI=1S/C28H26ClNO6/c1-3-35-23-13-12-19(17-22(23)29)26(31)24-25(30(14-15-34-2)28(33)27(24)32)18-8-7-11-21(16-18)36-20-9-5-4-6-10-20/h4-13,16-17,25,31H,3,14-15H2,1-2H3/b26-24-. The van der Waals surface area contributed by atoms with E-state index in [1.807, 2.05) is 37.3 Å². The lowest BCUT2D eigenvalue weighted by molar-refractivity contribution is -0.140. The normalized spacial score (nSPS) is 16.9. The average Bonchev–Trinajstić information content (AvgIpc) is 3.14. The highest BCUT2D eigenvalue weighted by Gasteiger charge is 2.46. The van der Waals surface area contributed by atoms with Crippen LogP contribution in [0.25, 0.3) is 5.76 Å². The van der Waals surface area contributed by atoms with Gasteiger partial charge in [-0.1, -0.05) is 41.9 Å². The molecular weight excluding hydrogens is 482 g/mol. The predicted octanol–water partition coefficient (Wildman–Crippen LogP) is 5.60. The first-order valence-electron chi connectivity index (χ1n) is 11.5. The molecule has 36 heavy (non-hydrogen) atoms. The molecule has 1 fully saturated rings. The highest BCUT2D eigenvalue weighted by atomic mass is 35.5. The summed E-state index contributed by atoms with van der Waals surface area (Å²) in [6, 6.07) is 20.2. The van der Waals surface area contributed by atoms with Gasteiger partial charge in [-0.2, -0.15) is 0 Å². The Kier molecular flexibility index (Phi) is 7.93. The first-order chi connectivity index (χ1) is 17.4. The molecular formula is C28H26ClNO6.